The van der Waals surface area contributed by atoms with Gasteiger partial charge in [0.2, 0.25) is 0 Å². The van der Waals surface area contributed by atoms with Crippen molar-refractivity contribution in [2.24, 2.45) is 5.73 Å². The van der Waals surface area contributed by atoms with Crippen LogP contribution in [0, 0.1) is 0 Å². The maximum atomic E-state index is 5.93. The Hall–Kier alpha value is -1.61. The zero-order chi connectivity index (χ0) is 10.7. The highest BCUT2D eigenvalue weighted by Gasteiger charge is 2.06. The van der Waals surface area contributed by atoms with Crippen LogP contribution in [0.25, 0.3) is 5.69 Å². The van der Waals surface area contributed by atoms with Crippen molar-refractivity contribution in [2.75, 3.05) is 0 Å². The molecular weight excluding hydrogens is 186 g/mol. The van der Waals surface area contributed by atoms with Crippen LogP contribution in [0.4, 0.5) is 0 Å². The van der Waals surface area contributed by atoms with Crippen molar-refractivity contribution < 1.29 is 0 Å². The van der Waals surface area contributed by atoms with Crippen molar-refractivity contribution in [3.8, 4) is 5.69 Å². The summed E-state index contributed by atoms with van der Waals surface area (Å²) in [5.41, 5.74) is 8.08. The second kappa shape index (κ2) is 4.28. The van der Waals surface area contributed by atoms with Crippen molar-refractivity contribution in [1.29, 1.82) is 0 Å². The minimum Gasteiger partial charge on any atom is -0.324 e. The number of benzene rings is 1. The van der Waals surface area contributed by atoms with Gasteiger partial charge in [-0.1, -0.05) is 25.1 Å². The van der Waals surface area contributed by atoms with Gasteiger partial charge in [0.1, 0.15) is 0 Å². The zero-order valence-corrected chi connectivity index (χ0v) is 8.80. The molecule has 2 N–H and O–H groups in total. The molecule has 0 saturated heterocycles. The lowest BCUT2D eigenvalue weighted by atomic mass is 10.1. The molecule has 1 unspecified atom stereocenters. The second-order valence-electron chi connectivity index (χ2n) is 3.57. The van der Waals surface area contributed by atoms with Gasteiger partial charge in [-0.25, -0.2) is 4.68 Å². The smallest absolute Gasteiger partial charge is 0.0645 e. The minimum absolute atomic E-state index is 0.0856. The summed E-state index contributed by atoms with van der Waals surface area (Å²) in [4.78, 5) is 0. The van der Waals surface area contributed by atoms with Crippen LogP contribution in [-0.2, 0) is 0 Å². The highest BCUT2D eigenvalue weighted by Crippen LogP contribution is 2.14. The summed E-state index contributed by atoms with van der Waals surface area (Å²) in [6, 6.07) is 10.1. The third kappa shape index (κ3) is 2.07. The van der Waals surface area contributed by atoms with Gasteiger partial charge in [-0.3, -0.25) is 0 Å². The average Bonchev–Trinajstić information content (AvgIpc) is 2.78. The van der Waals surface area contributed by atoms with Crippen LogP contribution in [0.1, 0.15) is 24.9 Å². The van der Waals surface area contributed by atoms with Crippen LogP contribution in [0.3, 0.4) is 0 Å². The lowest BCUT2D eigenvalue weighted by molar-refractivity contribution is 0.698. The summed E-state index contributed by atoms with van der Waals surface area (Å²) in [5.74, 6) is 0. The van der Waals surface area contributed by atoms with Gasteiger partial charge in [0.15, 0.2) is 0 Å². The first-order valence-electron chi connectivity index (χ1n) is 5.17. The molecule has 0 aliphatic heterocycles. The predicted octanol–water partition coefficient (Wildman–Crippen LogP) is 2.28. The molecule has 3 nitrogen and oxygen atoms in total. The fraction of sp³-hybridized carbons (Fsp3) is 0.250. The molecule has 0 spiro atoms. The molecule has 1 aromatic carbocycles. The fourth-order valence-corrected chi connectivity index (χ4v) is 1.49. The van der Waals surface area contributed by atoms with Gasteiger partial charge in [0.05, 0.1) is 11.9 Å². The molecule has 3 heteroatoms. The molecule has 0 saturated carbocycles. The fourth-order valence-electron chi connectivity index (χ4n) is 1.49. The summed E-state index contributed by atoms with van der Waals surface area (Å²) >= 11 is 0. The monoisotopic (exact) mass is 201 g/mol. The number of nitrogens with two attached hydrogens (primary N) is 1. The van der Waals surface area contributed by atoms with Crippen LogP contribution < -0.4 is 5.73 Å². The van der Waals surface area contributed by atoms with E-state index in [0.717, 1.165) is 17.7 Å². The molecule has 2 aromatic rings. The highest BCUT2D eigenvalue weighted by molar-refractivity contribution is 5.31. The Morgan fingerprint density at radius 3 is 2.73 bits per heavy atom. The molecule has 0 bridgehead atoms. The number of hydrogen-bond acceptors (Lipinski definition) is 2. The lowest BCUT2D eigenvalue weighted by Gasteiger charge is -2.04. The van der Waals surface area contributed by atoms with Crippen LogP contribution in [0.5, 0.6) is 0 Å². The summed E-state index contributed by atoms with van der Waals surface area (Å²) in [7, 11) is 0. The van der Waals surface area contributed by atoms with Crippen LogP contribution in [0.15, 0.2) is 42.7 Å². The van der Waals surface area contributed by atoms with Gasteiger partial charge in [-0.15, -0.1) is 0 Å². The molecule has 0 aliphatic rings. The first-order valence-corrected chi connectivity index (χ1v) is 5.17. The average molecular weight is 201 g/mol. The third-order valence-electron chi connectivity index (χ3n) is 2.49. The molecule has 0 radical (unpaired) electrons. The normalized spacial score (nSPS) is 12.7. The summed E-state index contributed by atoms with van der Waals surface area (Å²) in [6.07, 6.45) is 4.76. The van der Waals surface area contributed by atoms with E-state index in [1.165, 1.54) is 0 Å². The molecule has 1 aromatic heterocycles. The highest BCUT2D eigenvalue weighted by atomic mass is 15.3. The number of para-hydroxylation sites is 1. The van der Waals surface area contributed by atoms with Gasteiger partial charge >= 0.3 is 0 Å². The van der Waals surface area contributed by atoms with E-state index in [1.54, 1.807) is 0 Å². The largest absolute Gasteiger partial charge is 0.324 e. The summed E-state index contributed by atoms with van der Waals surface area (Å²) < 4.78 is 1.85. The summed E-state index contributed by atoms with van der Waals surface area (Å²) in [6.45, 7) is 2.07. The van der Waals surface area contributed by atoms with E-state index in [4.69, 9.17) is 5.73 Å². The van der Waals surface area contributed by atoms with E-state index in [9.17, 15) is 0 Å². The number of hydrogen-bond donors (Lipinski definition) is 1. The van der Waals surface area contributed by atoms with Crippen LogP contribution in [-0.4, -0.2) is 9.78 Å². The SMILES string of the molecule is CCC(N)c1cnn(-c2ccccc2)c1. The van der Waals surface area contributed by atoms with Gasteiger partial charge in [0.25, 0.3) is 0 Å². The van der Waals surface area contributed by atoms with Crippen molar-refractivity contribution in [2.45, 2.75) is 19.4 Å². The van der Waals surface area contributed by atoms with Crippen LogP contribution in [0.2, 0.25) is 0 Å². The first-order chi connectivity index (χ1) is 7.31. The Morgan fingerprint density at radius 1 is 1.33 bits per heavy atom. The molecule has 0 aliphatic carbocycles. The van der Waals surface area contributed by atoms with Crippen molar-refractivity contribution in [1.82, 2.24) is 9.78 Å². The van der Waals surface area contributed by atoms with E-state index < -0.39 is 0 Å². The lowest BCUT2D eigenvalue weighted by Crippen LogP contribution is -2.07. The number of rotatable bonds is 3. The third-order valence-corrected chi connectivity index (χ3v) is 2.49. The molecule has 1 heterocycles. The molecule has 78 valence electrons. The van der Waals surface area contributed by atoms with Gasteiger partial charge < -0.3 is 5.73 Å². The Morgan fingerprint density at radius 2 is 2.07 bits per heavy atom. The van der Waals surface area contributed by atoms with E-state index in [0.29, 0.717) is 0 Å². The molecule has 0 fully saturated rings. The van der Waals surface area contributed by atoms with Gasteiger partial charge in [0, 0.05) is 17.8 Å². The van der Waals surface area contributed by atoms with Gasteiger partial charge in [-0.05, 0) is 18.6 Å². The first kappa shape index (κ1) is 9.93. The van der Waals surface area contributed by atoms with E-state index in [-0.39, 0.29) is 6.04 Å². The molecule has 2 rings (SSSR count). The van der Waals surface area contributed by atoms with E-state index in [2.05, 4.69) is 12.0 Å². The standard InChI is InChI=1S/C12H15N3/c1-2-12(13)10-8-14-15(9-10)11-6-4-3-5-7-11/h3-9,12H,2,13H2,1H3. The minimum atomic E-state index is 0.0856. The Bertz CT molecular complexity index is 419. The second-order valence-corrected chi connectivity index (χ2v) is 3.57. The van der Waals surface area contributed by atoms with E-state index in [1.807, 2.05) is 47.4 Å². The molecule has 15 heavy (non-hydrogen) atoms. The summed E-state index contributed by atoms with van der Waals surface area (Å²) in [5, 5.41) is 4.29. The van der Waals surface area contributed by atoms with Crippen molar-refractivity contribution in [3.63, 3.8) is 0 Å². The maximum absolute atomic E-state index is 5.93. The Kier molecular flexibility index (Phi) is 2.83. The molecule has 0 amide bonds. The predicted molar refractivity (Wildman–Crippen MR) is 60.8 cm³/mol. The quantitative estimate of drug-likeness (QED) is 0.828. The molecular formula is C12H15N3. The number of aromatic nitrogens is 2. The Labute approximate surface area is 89.5 Å². The molecule has 1 atom stereocenters. The van der Waals surface area contributed by atoms with Crippen LogP contribution >= 0.6 is 0 Å². The van der Waals surface area contributed by atoms with Gasteiger partial charge in [-0.2, -0.15) is 5.10 Å². The zero-order valence-electron chi connectivity index (χ0n) is 8.80. The Balaban J connectivity index is 2.28. The number of nitrogens with zero attached hydrogens (tertiary/aromatic N) is 2. The van der Waals surface area contributed by atoms with E-state index >= 15 is 0 Å². The topological polar surface area (TPSA) is 43.8 Å². The van der Waals surface area contributed by atoms with Crippen molar-refractivity contribution in [3.05, 3.63) is 48.3 Å². The maximum Gasteiger partial charge on any atom is 0.0645 e. The van der Waals surface area contributed by atoms with Crippen molar-refractivity contribution >= 4 is 0 Å².